The summed E-state index contributed by atoms with van der Waals surface area (Å²) >= 11 is 1.22. The van der Waals surface area contributed by atoms with Gasteiger partial charge in [-0.1, -0.05) is 42.1 Å². The average Bonchev–Trinajstić information content (AvgIpc) is 3.22. The molecule has 2 aromatic carbocycles. The number of rotatable bonds is 9. The number of methoxy groups -OCH3 is 1. The van der Waals surface area contributed by atoms with Crippen molar-refractivity contribution in [2.45, 2.75) is 11.3 Å². The van der Waals surface area contributed by atoms with Crippen LogP contribution in [0.4, 0.5) is 0 Å². The highest BCUT2D eigenvalue weighted by atomic mass is 32.2. The molecule has 0 aliphatic rings. The van der Waals surface area contributed by atoms with Crippen LogP contribution in [0.15, 0.2) is 64.2 Å². The minimum absolute atomic E-state index is 0.0815. The number of amides is 1. The number of aromatic nitrogens is 2. The van der Waals surface area contributed by atoms with Crippen molar-refractivity contribution in [3.8, 4) is 17.2 Å². The zero-order chi connectivity index (χ0) is 20.6. The summed E-state index contributed by atoms with van der Waals surface area (Å²) < 4.78 is 10.8. The van der Waals surface area contributed by atoms with E-state index < -0.39 is 0 Å². The SMILES string of the molecule is COc1ccc(-c2nnc(SCC(=O)NC[C@@H](c3ccccc3)N(C)C)o2)cc1. The molecule has 1 atom stereocenters. The Bertz CT molecular complexity index is 913. The van der Waals surface area contributed by atoms with Crippen LogP contribution in [0.3, 0.4) is 0 Å². The molecule has 0 aliphatic heterocycles. The second kappa shape index (κ2) is 10.1. The number of thioether (sulfide) groups is 1. The van der Waals surface area contributed by atoms with Crippen LogP contribution in [0.2, 0.25) is 0 Å². The van der Waals surface area contributed by atoms with Crippen LogP contribution in [-0.2, 0) is 4.79 Å². The number of carbonyl (C=O) groups excluding carboxylic acids is 1. The van der Waals surface area contributed by atoms with Crippen molar-refractivity contribution in [2.24, 2.45) is 0 Å². The van der Waals surface area contributed by atoms with Gasteiger partial charge in [0.15, 0.2) is 0 Å². The predicted octanol–water partition coefficient (Wildman–Crippen LogP) is 3.26. The predicted molar refractivity (Wildman–Crippen MR) is 113 cm³/mol. The number of hydrogen-bond acceptors (Lipinski definition) is 7. The second-order valence-corrected chi connectivity index (χ2v) is 7.51. The number of benzene rings is 2. The minimum Gasteiger partial charge on any atom is -0.497 e. The van der Waals surface area contributed by atoms with Crippen LogP contribution in [-0.4, -0.2) is 54.5 Å². The van der Waals surface area contributed by atoms with Gasteiger partial charge in [-0.3, -0.25) is 4.79 Å². The molecule has 0 aliphatic carbocycles. The van der Waals surface area contributed by atoms with Gasteiger partial charge in [0.2, 0.25) is 11.8 Å². The maximum Gasteiger partial charge on any atom is 0.277 e. The van der Waals surface area contributed by atoms with E-state index in [1.54, 1.807) is 7.11 Å². The fourth-order valence-corrected chi connectivity index (χ4v) is 3.37. The zero-order valence-corrected chi connectivity index (χ0v) is 17.5. The molecule has 7 nitrogen and oxygen atoms in total. The molecule has 3 rings (SSSR count). The van der Waals surface area contributed by atoms with Crippen molar-refractivity contribution < 1.29 is 13.9 Å². The van der Waals surface area contributed by atoms with E-state index in [0.717, 1.165) is 16.9 Å². The number of nitrogens with zero attached hydrogens (tertiary/aromatic N) is 3. The Hall–Kier alpha value is -2.84. The highest BCUT2D eigenvalue weighted by molar-refractivity contribution is 7.99. The first-order valence-electron chi connectivity index (χ1n) is 9.15. The lowest BCUT2D eigenvalue weighted by Crippen LogP contribution is -2.35. The van der Waals surface area contributed by atoms with Crippen molar-refractivity contribution in [3.05, 3.63) is 60.2 Å². The van der Waals surface area contributed by atoms with Gasteiger partial charge in [-0.25, -0.2) is 0 Å². The summed E-state index contributed by atoms with van der Waals surface area (Å²) in [5.74, 6) is 1.29. The summed E-state index contributed by atoms with van der Waals surface area (Å²) in [6.07, 6.45) is 0. The normalized spacial score (nSPS) is 12.0. The lowest BCUT2D eigenvalue weighted by Gasteiger charge is -2.25. The first kappa shape index (κ1) is 20.9. The van der Waals surface area contributed by atoms with E-state index in [1.165, 1.54) is 11.8 Å². The monoisotopic (exact) mass is 412 g/mol. The van der Waals surface area contributed by atoms with Gasteiger partial charge < -0.3 is 19.4 Å². The van der Waals surface area contributed by atoms with E-state index in [0.29, 0.717) is 17.7 Å². The molecule has 3 aromatic rings. The molecule has 152 valence electrons. The summed E-state index contributed by atoms with van der Waals surface area (Å²) in [6.45, 7) is 0.525. The topological polar surface area (TPSA) is 80.5 Å². The van der Waals surface area contributed by atoms with Crippen LogP contribution in [0, 0.1) is 0 Å². The quantitative estimate of drug-likeness (QED) is 0.540. The van der Waals surface area contributed by atoms with Crippen molar-refractivity contribution in [1.82, 2.24) is 20.4 Å². The van der Waals surface area contributed by atoms with Gasteiger partial charge in [0.25, 0.3) is 5.22 Å². The molecule has 0 radical (unpaired) electrons. The van der Waals surface area contributed by atoms with E-state index in [9.17, 15) is 4.79 Å². The highest BCUT2D eigenvalue weighted by Crippen LogP contribution is 2.25. The second-order valence-electron chi connectivity index (χ2n) is 6.58. The molecular formula is C21H24N4O3S. The lowest BCUT2D eigenvalue weighted by molar-refractivity contribution is -0.118. The van der Waals surface area contributed by atoms with Gasteiger partial charge in [-0.2, -0.15) is 0 Å². The van der Waals surface area contributed by atoms with E-state index in [4.69, 9.17) is 9.15 Å². The van der Waals surface area contributed by atoms with Gasteiger partial charge >= 0.3 is 0 Å². The summed E-state index contributed by atoms with van der Waals surface area (Å²) in [4.78, 5) is 14.4. The van der Waals surface area contributed by atoms with Gasteiger partial charge in [-0.05, 0) is 43.9 Å². The van der Waals surface area contributed by atoms with E-state index in [2.05, 4.69) is 32.5 Å². The molecule has 0 unspecified atom stereocenters. The highest BCUT2D eigenvalue weighted by Gasteiger charge is 2.16. The van der Waals surface area contributed by atoms with Crippen LogP contribution in [0.25, 0.3) is 11.5 Å². The molecule has 0 saturated carbocycles. The van der Waals surface area contributed by atoms with Crippen molar-refractivity contribution in [3.63, 3.8) is 0 Å². The average molecular weight is 413 g/mol. The molecule has 1 N–H and O–H groups in total. The fourth-order valence-electron chi connectivity index (χ4n) is 2.78. The molecule has 1 aromatic heterocycles. The number of hydrogen-bond donors (Lipinski definition) is 1. The summed E-state index contributed by atoms with van der Waals surface area (Å²) in [5, 5.41) is 11.4. The van der Waals surface area contributed by atoms with E-state index in [1.807, 2.05) is 56.6 Å². The van der Waals surface area contributed by atoms with Crippen LogP contribution in [0.1, 0.15) is 11.6 Å². The Kier molecular flexibility index (Phi) is 7.26. The first-order valence-corrected chi connectivity index (χ1v) is 10.1. The molecule has 8 heteroatoms. The van der Waals surface area contributed by atoms with Crippen molar-refractivity contribution in [1.29, 1.82) is 0 Å². The van der Waals surface area contributed by atoms with Gasteiger partial charge in [0.1, 0.15) is 5.75 Å². The molecule has 0 spiro atoms. The van der Waals surface area contributed by atoms with Crippen LogP contribution >= 0.6 is 11.8 Å². The zero-order valence-electron chi connectivity index (χ0n) is 16.7. The van der Waals surface area contributed by atoms with Crippen LogP contribution < -0.4 is 10.1 Å². The van der Waals surface area contributed by atoms with Gasteiger partial charge in [-0.15, -0.1) is 10.2 Å². The largest absolute Gasteiger partial charge is 0.497 e. The minimum atomic E-state index is -0.0815. The summed E-state index contributed by atoms with van der Waals surface area (Å²) in [5.41, 5.74) is 1.96. The number of ether oxygens (including phenoxy) is 1. The third-order valence-corrected chi connectivity index (χ3v) is 5.19. The Morgan fingerprint density at radius 2 is 1.86 bits per heavy atom. The van der Waals surface area contributed by atoms with Crippen molar-refractivity contribution >= 4 is 17.7 Å². The fraction of sp³-hybridized carbons (Fsp3) is 0.286. The molecule has 1 amide bonds. The smallest absolute Gasteiger partial charge is 0.277 e. The van der Waals surface area contributed by atoms with E-state index in [-0.39, 0.29) is 17.7 Å². The number of nitrogens with one attached hydrogen (secondary N) is 1. The summed E-state index contributed by atoms with van der Waals surface area (Å²) in [6, 6.07) is 17.6. The van der Waals surface area contributed by atoms with Gasteiger partial charge in [0.05, 0.1) is 18.9 Å². The molecule has 0 bridgehead atoms. The Labute approximate surface area is 174 Å². The molecule has 0 fully saturated rings. The molecule has 29 heavy (non-hydrogen) atoms. The van der Waals surface area contributed by atoms with E-state index >= 15 is 0 Å². The molecular weight excluding hydrogens is 388 g/mol. The summed E-state index contributed by atoms with van der Waals surface area (Å²) in [7, 11) is 5.61. The maximum atomic E-state index is 12.3. The number of likely N-dealkylation sites (N-methyl/N-ethyl adjacent to an activating group) is 1. The Balaban J connectivity index is 1.51. The third kappa shape index (κ3) is 5.82. The maximum absolute atomic E-state index is 12.3. The van der Waals surface area contributed by atoms with Gasteiger partial charge in [0, 0.05) is 12.1 Å². The lowest BCUT2D eigenvalue weighted by atomic mass is 10.1. The van der Waals surface area contributed by atoms with Crippen LogP contribution in [0.5, 0.6) is 5.75 Å². The number of carbonyl (C=O) groups is 1. The molecule has 1 heterocycles. The Morgan fingerprint density at radius 3 is 2.52 bits per heavy atom. The third-order valence-electron chi connectivity index (χ3n) is 4.37. The van der Waals surface area contributed by atoms with Crippen molar-refractivity contribution in [2.75, 3.05) is 33.5 Å². The standard InChI is InChI=1S/C21H24N4O3S/c1-25(2)18(15-7-5-4-6-8-15)13-22-19(26)14-29-21-24-23-20(28-21)16-9-11-17(27-3)12-10-16/h4-12,18H,13-14H2,1-3H3,(H,22,26)/t18-/m0/s1. The Morgan fingerprint density at radius 1 is 1.14 bits per heavy atom. The molecule has 0 saturated heterocycles. The first-order chi connectivity index (χ1) is 14.1.